The Bertz CT molecular complexity index is 1230. The third-order valence-corrected chi connectivity index (χ3v) is 7.78. The summed E-state index contributed by atoms with van der Waals surface area (Å²) in [7, 11) is 0. The fraction of sp³-hybridized carbons (Fsp3) is 0.600. The van der Waals surface area contributed by atoms with Gasteiger partial charge in [0.05, 0.1) is 33.4 Å². The second-order valence-corrected chi connectivity index (χ2v) is 11.1. The molecule has 5 N–H and O–H groups in total. The second-order valence-electron chi connectivity index (χ2n) is 10.1. The third-order valence-electron chi connectivity index (χ3n) is 6.74. The monoisotopic (exact) mass is 516 g/mol. The number of thiazole rings is 1. The first-order chi connectivity index (χ1) is 16.9. The molecule has 11 heteroatoms. The van der Waals surface area contributed by atoms with Crippen LogP contribution in [0.3, 0.4) is 0 Å². The van der Waals surface area contributed by atoms with E-state index in [2.05, 4.69) is 20.6 Å². The Morgan fingerprint density at radius 2 is 2.00 bits per heavy atom. The smallest absolute Gasteiger partial charge is 0.224 e. The molecule has 0 aromatic carbocycles. The molecule has 0 amide bonds. The van der Waals surface area contributed by atoms with E-state index in [9.17, 15) is 15.3 Å². The van der Waals surface area contributed by atoms with E-state index in [0.717, 1.165) is 15.9 Å². The van der Waals surface area contributed by atoms with E-state index in [1.807, 2.05) is 33.8 Å². The molecule has 196 valence electrons. The third kappa shape index (κ3) is 5.30. The van der Waals surface area contributed by atoms with Crippen molar-refractivity contribution in [2.24, 2.45) is 5.92 Å². The van der Waals surface area contributed by atoms with Gasteiger partial charge in [-0.25, -0.2) is 9.97 Å². The maximum atomic E-state index is 11.5. The number of nitrogens with one attached hydrogen (secondary N) is 2. The Morgan fingerprint density at radius 3 is 2.64 bits per heavy atom. The van der Waals surface area contributed by atoms with E-state index in [-0.39, 0.29) is 12.5 Å². The fourth-order valence-corrected chi connectivity index (χ4v) is 5.87. The first-order valence-electron chi connectivity index (χ1n) is 12.3. The fourth-order valence-electron chi connectivity index (χ4n) is 4.76. The van der Waals surface area contributed by atoms with Crippen LogP contribution < -0.4 is 10.6 Å². The first-order valence-corrected chi connectivity index (χ1v) is 13.1. The molecule has 1 saturated carbocycles. The van der Waals surface area contributed by atoms with Gasteiger partial charge in [0.15, 0.2) is 5.72 Å². The lowest BCUT2D eigenvalue weighted by molar-refractivity contribution is -0.0926. The van der Waals surface area contributed by atoms with Crippen molar-refractivity contribution in [3.05, 3.63) is 23.7 Å². The number of aryl methyl sites for hydroxylation is 2. The summed E-state index contributed by atoms with van der Waals surface area (Å²) in [5.74, 6) is 0.235. The van der Waals surface area contributed by atoms with Crippen LogP contribution in [0, 0.1) is 19.8 Å². The Kier molecular flexibility index (Phi) is 7.50. The van der Waals surface area contributed by atoms with Crippen LogP contribution in [0.4, 0.5) is 11.8 Å². The van der Waals surface area contributed by atoms with Crippen LogP contribution in [0.15, 0.2) is 12.3 Å². The van der Waals surface area contributed by atoms with E-state index in [4.69, 9.17) is 14.7 Å². The van der Waals surface area contributed by atoms with Crippen molar-refractivity contribution in [2.45, 2.75) is 77.9 Å². The van der Waals surface area contributed by atoms with E-state index in [1.54, 1.807) is 20.0 Å². The molecule has 4 atom stereocenters. The number of anilines is 2. The second kappa shape index (κ2) is 10.1. The van der Waals surface area contributed by atoms with Crippen molar-refractivity contribution in [3.63, 3.8) is 0 Å². The molecule has 1 aliphatic rings. The minimum absolute atomic E-state index is 0.0388. The molecule has 1 fully saturated rings. The predicted octanol–water partition coefficient (Wildman–Crippen LogP) is 3.24. The van der Waals surface area contributed by atoms with Gasteiger partial charge in [0.1, 0.15) is 22.4 Å². The Balaban J connectivity index is 1.76. The standard InChI is InChI=1S/C25H36N6O4S/c1-7-35-13(2)12-27-23-28-14(3)18(22-29-19-15(4)26-11-9-17(19)36-22)21(30-23)31-25(34)10-8-16(20(25)32)24(5,6)33/h9,11,13,16,20,32-34H,7-8,10,12H2,1-6H3,(H2,27,28,30,31)/t13-,16+,20-,25-/m1/s1. The SMILES string of the molecule is CCO[C@H](C)CNc1nc(C)c(-c2nc3c(C)nccc3s2)c(N[C@@]2(O)CC[C@H](C(C)(C)O)[C@H]2O)n1. The molecule has 0 spiro atoms. The summed E-state index contributed by atoms with van der Waals surface area (Å²) in [4.78, 5) is 18.5. The van der Waals surface area contributed by atoms with Gasteiger partial charge < -0.3 is 30.7 Å². The van der Waals surface area contributed by atoms with Crippen LogP contribution in [-0.4, -0.2) is 71.9 Å². The van der Waals surface area contributed by atoms with Gasteiger partial charge in [0.2, 0.25) is 5.95 Å². The lowest BCUT2D eigenvalue weighted by Gasteiger charge is -2.34. The zero-order chi connectivity index (χ0) is 26.3. The predicted molar refractivity (Wildman–Crippen MR) is 141 cm³/mol. The quantitative estimate of drug-likeness (QED) is 0.269. The molecule has 3 heterocycles. The lowest BCUT2D eigenvalue weighted by Crippen LogP contribution is -2.51. The van der Waals surface area contributed by atoms with Gasteiger partial charge in [0, 0.05) is 25.3 Å². The van der Waals surface area contributed by atoms with Gasteiger partial charge in [0.25, 0.3) is 0 Å². The molecule has 0 aliphatic heterocycles. The van der Waals surface area contributed by atoms with Gasteiger partial charge >= 0.3 is 0 Å². The average Bonchev–Trinajstić information content (AvgIpc) is 3.34. The van der Waals surface area contributed by atoms with Crippen molar-refractivity contribution in [2.75, 3.05) is 23.8 Å². The maximum absolute atomic E-state index is 11.5. The number of nitrogens with zero attached hydrogens (tertiary/aromatic N) is 4. The van der Waals surface area contributed by atoms with Crippen LogP contribution >= 0.6 is 11.3 Å². The summed E-state index contributed by atoms with van der Waals surface area (Å²) in [5.41, 5.74) is 0.117. The molecule has 1 aliphatic carbocycles. The molecule has 3 aromatic heterocycles. The van der Waals surface area contributed by atoms with Crippen molar-refractivity contribution >= 4 is 33.3 Å². The van der Waals surface area contributed by atoms with Gasteiger partial charge in [-0.3, -0.25) is 4.98 Å². The lowest BCUT2D eigenvalue weighted by atomic mass is 9.87. The summed E-state index contributed by atoms with van der Waals surface area (Å²) in [5, 5.41) is 40.0. The summed E-state index contributed by atoms with van der Waals surface area (Å²) in [6, 6.07) is 1.92. The molecule has 3 aromatic rings. The summed E-state index contributed by atoms with van der Waals surface area (Å²) in [6.07, 6.45) is 1.22. The highest BCUT2D eigenvalue weighted by molar-refractivity contribution is 7.21. The Hall–Kier alpha value is -2.44. The van der Waals surface area contributed by atoms with Crippen LogP contribution in [0.2, 0.25) is 0 Å². The van der Waals surface area contributed by atoms with Gasteiger partial charge in [-0.15, -0.1) is 11.3 Å². The molecule has 0 saturated heterocycles. The molecule has 36 heavy (non-hydrogen) atoms. The van der Waals surface area contributed by atoms with Gasteiger partial charge in [-0.2, -0.15) is 4.98 Å². The maximum Gasteiger partial charge on any atom is 0.224 e. The van der Waals surface area contributed by atoms with Crippen LogP contribution in [0.1, 0.15) is 51.9 Å². The van der Waals surface area contributed by atoms with Crippen LogP contribution in [-0.2, 0) is 4.74 Å². The number of fused-ring (bicyclic) bond motifs is 1. The number of pyridine rings is 1. The zero-order valence-corrected chi connectivity index (χ0v) is 22.5. The summed E-state index contributed by atoms with van der Waals surface area (Å²) < 4.78 is 6.58. The number of aliphatic hydroxyl groups excluding tert-OH is 1. The van der Waals surface area contributed by atoms with Gasteiger partial charge in [-0.05, 0) is 60.5 Å². The van der Waals surface area contributed by atoms with Crippen molar-refractivity contribution in [3.8, 4) is 10.6 Å². The largest absolute Gasteiger partial charge is 0.390 e. The van der Waals surface area contributed by atoms with Crippen molar-refractivity contribution < 1.29 is 20.1 Å². The number of rotatable bonds is 9. The Labute approximate surface area is 215 Å². The zero-order valence-electron chi connectivity index (χ0n) is 21.7. The van der Waals surface area contributed by atoms with Crippen LogP contribution in [0.5, 0.6) is 0 Å². The molecule has 0 unspecified atom stereocenters. The van der Waals surface area contributed by atoms with E-state index in [1.165, 1.54) is 11.3 Å². The molecular weight excluding hydrogens is 480 g/mol. The average molecular weight is 517 g/mol. The molecule has 0 bridgehead atoms. The Morgan fingerprint density at radius 1 is 1.25 bits per heavy atom. The van der Waals surface area contributed by atoms with Crippen LogP contribution in [0.25, 0.3) is 20.8 Å². The number of aromatic nitrogens is 4. The minimum atomic E-state index is -1.68. The van der Waals surface area contributed by atoms with Crippen molar-refractivity contribution in [1.29, 1.82) is 0 Å². The minimum Gasteiger partial charge on any atom is -0.390 e. The summed E-state index contributed by atoms with van der Waals surface area (Å²) in [6.45, 7) is 12.1. The van der Waals surface area contributed by atoms with E-state index in [0.29, 0.717) is 47.6 Å². The number of aliphatic hydroxyl groups is 3. The van der Waals surface area contributed by atoms with Crippen molar-refractivity contribution in [1.82, 2.24) is 19.9 Å². The highest BCUT2D eigenvalue weighted by atomic mass is 32.1. The van der Waals surface area contributed by atoms with Gasteiger partial charge in [-0.1, -0.05) is 0 Å². The van der Waals surface area contributed by atoms with E-state index < -0.39 is 23.3 Å². The topological polar surface area (TPSA) is 146 Å². The normalized spacial score (nSPS) is 23.2. The molecule has 10 nitrogen and oxygen atoms in total. The number of ether oxygens (including phenoxy) is 1. The first kappa shape index (κ1) is 26.6. The highest BCUT2D eigenvalue weighted by Crippen LogP contribution is 2.43. The summed E-state index contributed by atoms with van der Waals surface area (Å²) >= 11 is 1.49. The molecular formula is C25H36N6O4S. The number of hydrogen-bond acceptors (Lipinski definition) is 11. The molecule has 4 rings (SSSR count). The highest BCUT2D eigenvalue weighted by Gasteiger charge is 2.52. The molecule has 0 radical (unpaired) electrons. The van der Waals surface area contributed by atoms with E-state index >= 15 is 0 Å². The number of hydrogen-bond donors (Lipinski definition) is 5.